The van der Waals surface area contributed by atoms with Gasteiger partial charge >= 0.3 is 0 Å². The van der Waals surface area contributed by atoms with Crippen LogP contribution in [0.25, 0.3) is 0 Å². The number of aliphatic hydroxyl groups is 1. The Hall–Kier alpha value is -0.530. The van der Waals surface area contributed by atoms with Gasteiger partial charge in [0.15, 0.2) is 0 Å². The standard InChI is InChI=1S/C13H17ClINO3/c1-8(17)4-5-16(2)13(18)9-6-10(14)11(15)7-12(9)19-3/h6-8,17H,4-5H2,1-3H3. The summed E-state index contributed by atoms with van der Waals surface area (Å²) in [5, 5.41) is 9.77. The van der Waals surface area contributed by atoms with Crippen LogP contribution >= 0.6 is 34.2 Å². The number of nitrogens with zero attached hydrogens (tertiary/aromatic N) is 1. The van der Waals surface area contributed by atoms with Gasteiger partial charge in [0.25, 0.3) is 5.91 Å². The van der Waals surface area contributed by atoms with Crippen molar-refractivity contribution in [2.75, 3.05) is 20.7 Å². The average Bonchev–Trinajstić information content (AvgIpc) is 2.37. The van der Waals surface area contributed by atoms with Crippen LogP contribution in [0, 0.1) is 3.57 Å². The van der Waals surface area contributed by atoms with E-state index in [2.05, 4.69) is 22.6 Å². The van der Waals surface area contributed by atoms with Gasteiger partial charge in [-0.05, 0) is 48.1 Å². The summed E-state index contributed by atoms with van der Waals surface area (Å²) in [6.07, 6.45) is 0.0975. The number of hydrogen-bond donors (Lipinski definition) is 1. The molecule has 0 heterocycles. The number of carbonyl (C=O) groups excluding carboxylic acids is 1. The fourth-order valence-electron chi connectivity index (χ4n) is 1.55. The molecule has 1 aromatic carbocycles. The van der Waals surface area contributed by atoms with Crippen molar-refractivity contribution in [3.63, 3.8) is 0 Å². The van der Waals surface area contributed by atoms with Gasteiger partial charge in [-0.15, -0.1) is 0 Å². The highest BCUT2D eigenvalue weighted by atomic mass is 127. The minimum atomic E-state index is -0.433. The van der Waals surface area contributed by atoms with Crippen LogP contribution in [0.1, 0.15) is 23.7 Å². The quantitative estimate of drug-likeness (QED) is 0.777. The molecule has 0 aliphatic carbocycles. The molecule has 0 saturated heterocycles. The molecule has 1 rings (SSSR count). The molecule has 0 aliphatic heterocycles. The lowest BCUT2D eigenvalue weighted by atomic mass is 10.1. The van der Waals surface area contributed by atoms with E-state index in [1.807, 2.05) is 0 Å². The van der Waals surface area contributed by atoms with Gasteiger partial charge in [-0.25, -0.2) is 0 Å². The van der Waals surface area contributed by atoms with Gasteiger partial charge < -0.3 is 14.7 Å². The molecule has 1 N–H and O–H groups in total. The number of rotatable bonds is 5. The highest BCUT2D eigenvalue weighted by molar-refractivity contribution is 14.1. The smallest absolute Gasteiger partial charge is 0.257 e. The number of halogens is 2. The summed E-state index contributed by atoms with van der Waals surface area (Å²) in [6.45, 7) is 2.17. The Bertz CT molecular complexity index is 465. The Kier molecular flexibility index (Phi) is 6.35. The fourth-order valence-corrected chi connectivity index (χ4v) is 2.15. The zero-order chi connectivity index (χ0) is 14.6. The Labute approximate surface area is 131 Å². The van der Waals surface area contributed by atoms with E-state index >= 15 is 0 Å². The summed E-state index contributed by atoms with van der Waals surface area (Å²) in [5.74, 6) is 0.332. The van der Waals surface area contributed by atoms with Crippen molar-refractivity contribution in [2.45, 2.75) is 19.4 Å². The summed E-state index contributed by atoms with van der Waals surface area (Å²) >= 11 is 8.13. The largest absolute Gasteiger partial charge is 0.496 e. The van der Waals surface area contributed by atoms with Crippen molar-refractivity contribution in [2.24, 2.45) is 0 Å². The first-order chi connectivity index (χ1) is 8.86. The molecule has 1 amide bonds. The monoisotopic (exact) mass is 397 g/mol. The Morgan fingerprint density at radius 3 is 2.74 bits per heavy atom. The summed E-state index contributed by atoms with van der Waals surface area (Å²) in [6, 6.07) is 3.35. The van der Waals surface area contributed by atoms with Crippen LogP contribution in [0.3, 0.4) is 0 Å². The Morgan fingerprint density at radius 1 is 1.58 bits per heavy atom. The maximum absolute atomic E-state index is 12.3. The molecule has 19 heavy (non-hydrogen) atoms. The first-order valence-corrected chi connectivity index (χ1v) is 7.29. The lowest BCUT2D eigenvalue weighted by Gasteiger charge is -2.19. The summed E-state index contributed by atoms with van der Waals surface area (Å²) < 4.78 is 6.05. The maximum atomic E-state index is 12.3. The van der Waals surface area contributed by atoms with Gasteiger partial charge in [0.1, 0.15) is 5.75 Å². The first-order valence-electron chi connectivity index (χ1n) is 5.83. The molecule has 0 aromatic heterocycles. The first kappa shape index (κ1) is 16.5. The molecule has 4 nitrogen and oxygen atoms in total. The predicted molar refractivity (Wildman–Crippen MR) is 84.0 cm³/mol. The van der Waals surface area contributed by atoms with Crippen LogP contribution in [-0.4, -0.2) is 42.7 Å². The van der Waals surface area contributed by atoms with E-state index < -0.39 is 6.10 Å². The van der Waals surface area contributed by atoms with Crippen molar-refractivity contribution in [3.05, 3.63) is 26.3 Å². The molecule has 0 saturated carbocycles. The second-order valence-electron chi connectivity index (χ2n) is 4.33. The van der Waals surface area contributed by atoms with Crippen LogP contribution in [0.4, 0.5) is 0 Å². The lowest BCUT2D eigenvalue weighted by molar-refractivity contribution is 0.0765. The minimum absolute atomic E-state index is 0.171. The summed E-state index contributed by atoms with van der Waals surface area (Å²) in [7, 11) is 3.21. The van der Waals surface area contributed by atoms with Gasteiger partial charge in [-0.1, -0.05) is 11.6 Å². The van der Waals surface area contributed by atoms with Crippen molar-refractivity contribution in [3.8, 4) is 5.75 Å². The van der Waals surface area contributed by atoms with Crippen LogP contribution in [-0.2, 0) is 0 Å². The molecule has 1 aromatic rings. The van der Waals surface area contributed by atoms with E-state index in [1.165, 1.54) is 7.11 Å². The molecule has 0 bridgehead atoms. The Morgan fingerprint density at radius 2 is 2.21 bits per heavy atom. The van der Waals surface area contributed by atoms with Gasteiger partial charge in [0, 0.05) is 17.2 Å². The highest BCUT2D eigenvalue weighted by Gasteiger charge is 2.18. The van der Waals surface area contributed by atoms with Crippen molar-refractivity contribution < 1.29 is 14.6 Å². The molecular formula is C13H17ClINO3. The fraction of sp³-hybridized carbons (Fsp3) is 0.462. The van der Waals surface area contributed by atoms with Gasteiger partial charge in [-0.2, -0.15) is 0 Å². The van der Waals surface area contributed by atoms with E-state index in [4.69, 9.17) is 16.3 Å². The third-order valence-corrected chi connectivity index (χ3v) is 4.23. The zero-order valence-electron chi connectivity index (χ0n) is 11.1. The molecular weight excluding hydrogens is 381 g/mol. The third-order valence-electron chi connectivity index (χ3n) is 2.70. The number of hydrogen-bond acceptors (Lipinski definition) is 3. The van der Waals surface area contributed by atoms with Crippen LogP contribution in [0.15, 0.2) is 12.1 Å². The van der Waals surface area contributed by atoms with E-state index in [-0.39, 0.29) is 5.91 Å². The van der Waals surface area contributed by atoms with Crippen LogP contribution < -0.4 is 4.74 Å². The maximum Gasteiger partial charge on any atom is 0.257 e. The molecule has 0 fully saturated rings. The third kappa shape index (κ3) is 4.50. The average molecular weight is 398 g/mol. The number of methoxy groups -OCH3 is 1. The molecule has 1 unspecified atom stereocenters. The molecule has 6 heteroatoms. The lowest BCUT2D eigenvalue weighted by Crippen LogP contribution is -2.29. The number of amides is 1. The Balaban J connectivity index is 2.95. The predicted octanol–water partition coefficient (Wildman–Crippen LogP) is 2.80. The van der Waals surface area contributed by atoms with E-state index in [1.54, 1.807) is 31.0 Å². The number of benzene rings is 1. The molecule has 1 atom stereocenters. The SMILES string of the molecule is COc1cc(I)c(Cl)cc1C(=O)N(C)CCC(C)O. The van der Waals surface area contributed by atoms with Crippen molar-refractivity contribution in [1.29, 1.82) is 0 Å². The number of aliphatic hydroxyl groups excluding tert-OH is 1. The minimum Gasteiger partial charge on any atom is -0.496 e. The highest BCUT2D eigenvalue weighted by Crippen LogP contribution is 2.29. The van der Waals surface area contributed by atoms with Crippen molar-refractivity contribution in [1.82, 2.24) is 4.90 Å². The second-order valence-corrected chi connectivity index (χ2v) is 5.90. The van der Waals surface area contributed by atoms with Crippen LogP contribution in [0.5, 0.6) is 5.75 Å². The molecule has 106 valence electrons. The molecule has 0 spiro atoms. The van der Waals surface area contributed by atoms with E-state index in [0.717, 1.165) is 3.57 Å². The van der Waals surface area contributed by atoms with E-state index in [0.29, 0.717) is 29.3 Å². The second kappa shape index (κ2) is 7.31. The van der Waals surface area contributed by atoms with E-state index in [9.17, 15) is 9.90 Å². The zero-order valence-corrected chi connectivity index (χ0v) is 14.0. The number of carbonyl (C=O) groups is 1. The normalized spacial score (nSPS) is 12.1. The summed E-state index contributed by atoms with van der Waals surface area (Å²) in [5.41, 5.74) is 0.431. The van der Waals surface area contributed by atoms with Gasteiger partial charge in [0.2, 0.25) is 0 Å². The topological polar surface area (TPSA) is 49.8 Å². The molecule has 0 radical (unpaired) electrons. The van der Waals surface area contributed by atoms with Gasteiger partial charge in [0.05, 0.1) is 23.8 Å². The number of ether oxygens (including phenoxy) is 1. The van der Waals surface area contributed by atoms with Crippen molar-refractivity contribution >= 4 is 40.1 Å². The van der Waals surface area contributed by atoms with Gasteiger partial charge in [-0.3, -0.25) is 4.79 Å². The summed E-state index contributed by atoms with van der Waals surface area (Å²) in [4.78, 5) is 13.9. The van der Waals surface area contributed by atoms with Crippen LogP contribution in [0.2, 0.25) is 5.02 Å². The molecule has 0 aliphatic rings.